The van der Waals surface area contributed by atoms with Gasteiger partial charge in [0.05, 0.1) is 5.02 Å². The smallest absolute Gasteiger partial charge is 0.326 e. The van der Waals surface area contributed by atoms with Crippen molar-refractivity contribution >= 4 is 29.3 Å². The lowest BCUT2D eigenvalue weighted by molar-refractivity contribution is -0.139. The number of amides is 2. The lowest BCUT2D eigenvalue weighted by atomic mass is 10.2. The average molecular weight is 289 g/mol. The number of hydrogen-bond acceptors (Lipinski definition) is 2. The summed E-state index contributed by atoms with van der Waals surface area (Å²) in [6.45, 7) is 1.81. The minimum atomic E-state index is -1.11. The lowest BCUT2D eigenvalue weighted by Crippen LogP contribution is -2.42. The Kier molecular flexibility index (Phi) is 5.57. The van der Waals surface area contributed by atoms with Crippen LogP contribution in [0.5, 0.6) is 0 Å². The van der Waals surface area contributed by atoms with Gasteiger partial charge >= 0.3 is 12.0 Å². The number of benzene rings is 1. The molecule has 0 heterocycles. The van der Waals surface area contributed by atoms with Crippen molar-refractivity contribution in [2.45, 2.75) is 25.8 Å². The van der Waals surface area contributed by atoms with Gasteiger partial charge in [0.15, 0.2) is 0 Å². The highest BCUT2D eigenvalue weighted by atomic mass is 35.5. The quantitative estimate of drug-likeness (QED) is 0.779. The van der Waals surface area contributed by atoms with Crippen molar-refractivity contribution in [2.75, 3.05) is 5.32 Å². The number of anilines is 1. The molecule has 1 rings (SSSR count). The SMILES string of the molecule is CCCC(NC(=O)Nc1ccc(Cl)c(F)c1)C(=O)O. The Morgan fingerprint density at radius 1 is 1.47 bits per heavy atom. The summed E-state index contributed by atoms with van der Waals surface area (Å²) in [6, 6.07) is 2.09. The molecule has 0 aromatic heterocycles. The predicted octanol–water partition coefficient (Wildman–Crippen LogP) is 2.85. The fourth-order valence-electron chi connectivity index (χ4n) is 1.45. The Hall–Kier alpha value is -1.82. The molecule has 0 aliphatic rings. The second-order valence-electron chi connectivity index (χ2n) is 3.91. The third-order valence-corrected chi connectivity index (χ3v) is 2.66. The number of carboxylic acids is 1. The number of aliphatic carboxylic acids is 1. The molecule has 0 fully saturated rings. The molecular formula is C12H14ClFN2O3. The van der Waals surface area contributed by atoms with Crippen LogP contribution in [0.1, 0.15) is 19.8 Å². The maximum absolute atomic E-state index is 13.1. The van der Waals surface area contributed by atoms with Gasteiger partial charge < -0.3 is 15.7 Å². The van der Waals surface area contributed by atoms with Crippen LogP contribution in [0.25, 0.3) is 0 Å². The molecule has 0 radical (unpaired) electrons. The zero-order valence-electron chi connectivity index (χ0n) is 10.2. The van der Waals surface area contributed by atoms with Gasteiger partial charge in [-0.3, -0.25) is 0 Å². The van der Waals surface area contributed by atoms with E-state index in [2.05, 4.69) is 10.6 Å². The second-order valence-corrected chi connectivity index (χ2v) is 4.31. The van der Waals surface area contributed by atoms with E-state index in [9.17, 15) is 14.0 Å². The van der Waals surface area contributed by atoms with Crippen molar-refractivity contribution in [1.82, 2.24) is 5.32 Å². The number of rotatable bonds is 5. The van der Waals surface area contributed by atoms with Crippen LogP contribution in [-0.2, 0) is 4.79 Å². The largest absolute Gasteiger partial charge is 0.480 e. The monoisotopic (exact) mass is 288 g/mol. The Bertz CT molecular complexity index is 482. The van der Waals surface area contributed by atoms with Crippen LogP contribution >= 0.6 is 11.6 Å². The molecular weight excluding hydrogens is 275 g/mol. The van der Waals surface area contributed by atoms with E-state index in [0.717, 1.165) is 6.07 Å². The zero-order chi connectivity index (χ0) is 14.4. The van der Waals surface area contributed by atoms with Crippen LogP contribution in [0.2, 0.25) is 5.02 Å². The van der Waals surface area contributed by atoms with Crippen molar-refractivity contribution in [3.8, 4) is 0 Å². The predicted molar refractivity (Wildman–Crippen MR) is 69.9 cm³/mol. The molecule has 2 amide bonds. The summed E-state index contributed by atoms with van der Waals surface area (Å²) in [5, 5.41) is 13.5. The van der Waals surface area contributed by atoms with E-state index in [0.29, 0.717) is 12.8 Å². The molecule has 0 saturated carbocycles. The number of halogens is 2. The lowest BCUT2D eigenvalue weighted by Gasteiger charge is -2.14. The Morgan fingerprint density at radius 3 is 2.68 bits per heavy atom. The third-order valence-electron chi connectivity index (χ3n) is 2.36. The number of nitrogens with one attached hydrogen (secondary N) is 2. The summed E-state index contributed by atoms with van der Waals surface area (Å²) in [5.41, 5.74) is 0.194. The first-order valence-electron chi connectivity index (χ1n) is 5.69. The summed E-state index contributed by atoms with van der Waals surface area (Å²) in [6.07, 6.45) is 0.935. The van der Waals surface area contributed by atoms with Crippen LogP contribution in [0.3, 0.4) is 0 Å². The highest BCUT2D eigenvalue weighted by Crippen LogP contribution is 2.18. The molecule has 5 nitrogen and oxygen atoms in total. The molecule has 1 aromatic rings. The molecule has 0 saturated heterocycles. The van der Waals surface area contributed by atoms with Crippen molar-refractivity contribution in [1.29, 1.82) is 0 Å². The van der Waals surface area contributed by atoms with E-state index >= 15 is 0 Å². The van der Waals surface area contributed by atoms with E-state index in [1.54, 1.807) is 0 Å². The summed E-state index contributed by atoms with van der Waals surface area (Å²) in [4.78, 5) is 22.4. The molecule has 1 aromatic carbocycles. The number of carboxylic acid groups (broad SMARTS) is 1. The Labute approximate surface area is 114 Å². The average Bonchev–Trinajstić information content (AvgIpc) is 2.33. The zero-order valence-corrected chi connectivity index (χ0v) is 11.0. The molecule has 0 spiro atoms. The molecule has 19 heavy (non-hydrogen) atoms. The summed E-state index contributed by atoms with van der Waals surface area (Å²) in [5.74, 6) is -1.78. The number of urea groups is 1. The minimum absolute atomic E-state index is 0.0552. The number of carbonyl (C=O) groups is 2. The molecule has 104 valence electrons. The van der Waals surface area contributed by atoms with E-state index in [1.165, 1.54) is 12.1 Å². The topological polar surface area (TPSA) is 78.4 Å². The second kappa shape index (κ2) is 6.94. The highest BCUT2D eigenvalue weighted by molar-refractivity contribution is 6.30. The molecule has 3 N–H and O–H groups in total. The fourth-order valence-corrected chi connectivity index (χ4v) is 1.56. The number of hydrogen-bond donors (Lipinski definition) is 3. The van der Waals surface area contributed by atoms with Crippen molar-refractivity contribution in [3.05, 3.63) is 29.0 Å². The van der Waals surface area contributed by atoms with Crippen LogP contribution in [0, 0.1) is 5.82 Å². The van der Waals surface area contributed by atoms with E-state index in [4.69, 9.17) is 16.7 Å². The first-order valence-corrected chi connectivity index (χ1v) is 6.07. The van der Waals surface area contributed by atoms with Crippen LogP contribution in [-0.4, -0.2) is 23.1 Å². The Morgan fingerprint density at radius 2 is 2.16 bits per heavy atom. The van der Waals surface area contributed by atoms with Gasteiger partial charge in [0.1, 0.15) is 11.9 Å². The Balaban J connectivity index is 2.63. The molecule has 0 bridgehead atoms. The van der Waals surface area contributed by atoms with Crippen LogP contribution in [0.4, 0.5) is 14.9 Å². The van der Waals surface area contributed by atoms with Crippen molar-refractivity contribution < 1.29 is 19.1 Å². The molecule has 1 atom stereocenters. The van der Waals surface area contributed by atoms with Gasteiger partial charge in [-0.1, -0.05) is 24.9 Å². The van der Waals surface area contributed by atoms with Gasteiger partial charge in [-0.15, -0.1) is 0 Å². The maximum atomic E-state index is 13.1. The van der Waals surface area contributed by atoms with Gasteiger partial charge in [-0.25, -0.2) is 14.0 Å². The first-order chi connectivity index (χ1) is 8.93. The molecule has 1 unspecified atom stereocenters. The van der Waals surface area contributed by atoms with Crippen molar-refractivity contribution in [3.63, 3.8) is 0 Å². The van der Waals surface area contributed by atoms with E-state index in [1.807, 2.05) is 6.92 Å². The normalized spacial score (nSPS) is 11.7. The van der Waals surface area contributed by atoms with Gasteiger partial charge in [-0.05, 0) is 24.6 Å². The van der Waals surface area contributed by atoms with Gasteiger partial charge in [-0.2, -0.15) is 0 Å². The fraction of sp³-hybridized carbons (Fsp3) is 0.333. The first kappa shape index (κ1) is 15.2. The van der Waals surface area contributed by atoms with E-state index in [-0.39, 0.29) is 10.7 Å². The highest BCUT2D eigenvalue weighted by Gasteiger charge is 2.18. The van der Waals surface area contributed by atoms with Gasteiger partial charge in [0.25, 0.3) is 0 Å². The maximum Gasteiger partial charge on any atom is 0.326 e. The standard InChI is InChI=1S/C12H14ClFN2O3/c1-2-3-10(11(17)18)16-12(19)15-7-4-5-8(13)9(14)6-7/h4-6,10H,2-3H2,1H3,(H,17,18)(H2,15,16,19). The number of carbonyl (C=O) groups excluding carboxylic acids is 1. The molecule has 0 aliphatic heterocycles. The van der Waals surface area contributed by atoms with Crippen LogP contribution < -0.4 is 10.6 Å². The third kappa shape index (κ3) is 4.75. The van der Waals surface area contributed by atoms with Gasteiger partial charge in [0, 0.05) is 5.69 Å². The van der Waals surface area contributed by atoms with Gasteiger partial charge in [0.2, 0.25) is 0 Å². The summed E-state index contributed by atoms with van der Waals surface area (Å²) in [7, 11) is 0. The summed E-state index contributed by atoms with van der Waals surface area (Å²) >= 11 is 5.50. The minimum Gasteiger partial charge on any atom is -0.480 e. The molecule has 0 aliphatic carbocycles. The van der Waals surface area contributed by atoms with Crippen LogP contribution in [0.15, 0.2) is 18.2 Å². The summed E-state index contributed by atoms with van der Waals surface area (Å²) < 4.78 is 13.1. The molecule has 7 heteroatoms. The van der Waals surface area contributed by atoms with Crippen molar-refractivity contribution in [2.24, 2.45) is 0 Å². The van der Waals surface area contributed by atoms with E-state index < -0.39 is 23.9 Å².